The van der Waals surface area contributed by atoms with Crippen LogP contribution < -0.4 is 11.4 Å². The van der Waals surface area contributed by atoms with Crippen LogP contribution in [0.5, 0.6) is 0 Å². The molecular weight excluding hydrogens is 272 g/mol. The average molecular weight is 284 g/mol. The van der Waals surface area contributed by atoms with E-state index in [9.17, 15) is 4.79 Å². The first-order valence-electron chi connectivity index (χ1n) is 6.05. The molecule has 1 heterocycles. The minimum absolute atomic E-state index is 0.361. The Morgan fingerprint density at radius 3 is 2.85 bits per heavy atom. The molecule has 20 heavy (non-hydrogen) atoms. The normalized spacial score (nSPS) is 10.8. The van der Waals surface area contributed by atoms with Gasteiger partial charge >= 0.3 is 0 Å². The van der Waals surface area contributed by atoms with Gasteiger partial charge in [0.15, 0.2) is 0 Å². The Hall–Kier alpha value is -2.34. The number of benzene rings is 2. The molecule has 1 aromatic heterocycles. The summed E-state index contributed by atoms with van der Waals surface area (Å²) in [6, 6.07) is 14.3. The van der Waals surface area contributed by atoms with E-state index in [1.54, 1.807) is 0 Å². The maximum atomic E-state index is 11.4. The van der Waals surface area contributed by atoms with Gasteiger partial charge in [-0.15, -0.1) is 5.10 Å². The predicted molar refractivity (Wildman–Crippen MR) is 80.0 cm³/mol. The highest BCUT2D eigenvalue weighted by molar-refractivity contribution is 7.98. The Labute approximate surface area is 119 Å². The first-order chi connectivity index (χ1) is 9.75. The Bertz CT molecular complexity index is 810. The van der Waals surface area contributed by atoms with Crippen molar-refractivity contribution >= 4 is 22.5 Å². The highest BCUT2D eigenvalue weighted by Gasteiger charge is 2.06. The largest absolute Gasteiger partial charge is 0.334 e. The highest BCUT2D eigenvalue weighted by Crippen LogP contribution is 2.25. The minimum Gasteiger partial charge on any atom is -0.334 e. The van der Waals surface area contributed by atoms with Crippen LogP contribution in [0.4, 0.5) is 0 Å². The Morgan fingerprint density at radius 1 is 1.15 bits per heavy atom. The predicted octanol–water partition coefficient (Wildman–Crippen LogP) is 1.80. The van der Waals surface area contributed by atoms with Gasteiger partial charge in [-0.1, -0.05) is 54.2 Å². The molecule has 100 valence electrons. The van der Waals surface area contributed by atoms with E-state index < -0.39 is 0 Å². The Balaban J connectivity index is 1.91. The maximum Gasteiger partial charge on any atom is 0.291 e. The molecule has 0 bridgehead atoms. The number of aromatic nitrogens is 3. The molecule has 3 aromatic rings. The first-order valence-corrected chi connectivity index (χ1v) is 7.03. The monoisotopic (exact) mass is 284 g/mol. The zero-order valence-corrected chi connectivity index (χ0v) is 11.4. The van der Waals surface area contributed by atoms with E-state index in [0.29, 0.717) is 10.9 Å². The van der Waals surface area contributed by atoms with E-state index in [4.69, 9.17) is 5.84 Å². The molecular formula is C14H12N4OS. The number of thioether (sulfide) groups is 1. The quantitative estimate of drug-likeness (QED) is 0.586. The van der Waals surface area contributed by atoms with Gasteiger partial charge in [0.25, 0.3) is 5.56 Å². The second kappa shape index (κ2) is 5.34. The fourth-order valence-electron chi connectivity index (χ4n) is 1.99. The summed E-state index contributed by atoms with van der Waals surface area (Å²) in [6.45, 7) is 0. The van der Waals surface area contributed by atoms with Gasteiger partial charge in [-0.25, -0.2) is 0 Å². The van der Waals surface area contributed by atoms with Gasteiger partial charge in [-0.2, -0.15) is 9.77 Å². The van der Waals surface area contributed by atoms with Crippen LogP contribution in [-0.4, -0.2) is 14.9 Å². The van der Waals surface area contributed by atoms with Crippen LogP contribution in [0.3, 0.4) is 0 Å². The SMILES string of the molecule is Nn1c(SCc2cccc3ccccc23)nncc1=O. The van der Waals surface area contributed by atoms with Crippen molar-refractivity contribution in [2.45, 2.75) is 10.9 Å². The van der Waals surface area contributed by atoms with Crippen LogP contribution in [0, 0.1) is 0 Å². The smallest absolute Gasteiger partial charge is 0.291 e. The number of fused-ring (bicyclic) bond motifs is 1. The lowest BCUT2D eigenvalue weighted by molar-refractivity contribution is 0.698. The molecule has 0 aliphatic carbocycles. The number of nitrogens with two attached hydrogens (primary N) is 1. The lowest BCUT2D eigenvalue weighted by Gasteiger charge is -2.07. The number of nitrogens with zero attached hydrogens (tertiary/aromatic N) is 3. The molecule has 0 aliphatic heterocycles. The summed E-state index contributed by atoms with van der Waals surface area (Å²) in [6.07, 6.45) is 1.10. The molecule has 0 atom stereocenters. The summed E-state index contributed by atoms with van der Waals surface area (Å²) in [5.41, 5.74) is 0.812. The third-order valence-electron chi connectivity index (χ3n) is 2.99. The molecule has 6 heteroatoms. The molecule has 0 radical (unpaired) electrons. The van der Waals surface area contributed by atoms with E-state index in [1.807, 2.05) is 18.2 Å². The van der Waals surface area contributed by atoms with Crippen molar-refractivity contribution in [3.8, 4) is 0 Å². The summed E-state index contributed by atoms with van der Waals surface area (Å²) >= 11 is 1.39. The maximum absolute atomic E-state index is 11.4. The van der Waals surface area contributed by atoms with Crippen molar-refractivity contribution in [1.82, 2.24) is 14.9 Å². The topological polar surface area (TPSA) is 73.8 Å². The van der Waals surface area contributed by atoms with Crippen molar-refractivity contribution in [3.63, 3.8) is 0 Å². The van der Waals surface area contributed by atoms with E-state index >= 15 is 0 Å². The fourth-order valence-corrected chi connectivity index (χ4v) is 2.86. The fraction of sp³-hybridized carbons (Fsp3) is 0.0714. The Morgan fingerprint density at radius 2 is 1.95 bits per heavy atom. The van der Waals surface area contributed by atoms with Gasteiger partial charge in [-0.05, 0) is 16.3 Å². The van der Waals surface area contributed by atoms with Gasteiger partial charge in [0.1, 0.15) is 6.20 Å². The van der Waals surface area contributed by atoms with Crippen LogP contribution in [0.25, 0.3) is 10.8 Å². The number of hydrogen-bond acceptors (Lipinski definition) is 5. The van der Waals surface area contributed by atoms with Gasteiger partial charge in [-0.3, -0.25) is 4.79 Å². The van der Waals surface area contributed by atoms with Gasteiger partial charge in [0.05, 0.1) is 0 Å². The molecule has 0 spiro atoms. The summed E-state index contributed by atoms with van der Waals surface area (Å²) < 4.78 is 1.02. The van der Waals surface area contributed by atoms with Crippen molar-refractivity contribution in [2.75, 3.05) is 5.84 Å². The first kappa shape index (κ1) is 12.7. The number of rotatable bonds is 3. The molecule has 0 aliphatic rings. The van der Waals surface area contributed by atoms with Gasteiger partial charge < -0.3 is 5.84 Å². The zero-order valence-electron chi connectivity index (χ0n) is 10.6. The van der Waals surface area contributed by atoms with Crippen molar-refractivity contribution < 1.29 is 0 Å². The van der Waals surface area contributed by atoms with Gasteiger partial charge in [0, 0.05) is 5.75 Å². The van der Waals surface area contributed by atoms with Crippen LogP contribution in [0.15, 0.2) is 58.6 Å². The minimum atomic E-state index is -0.361. The van der Waals surface area contributed by atoms with Crippen molar-refractivity contribution in [2.24, 2.45) is 0 Å². The van der Waals surface area contributed by atoms with E-state index in [0.717, 1.165) is 10.9 Å². The molecule has 3 rings (SSSR count). The molecule has 0 saturated carbocycles. The van der Waals surface area contributed by atoms with Crippen LogP contribution in [0.1, 0.15) is 5.56 Å². The third kappa shape index (κ3) is 2.37. The number of hydrogen-bond donors (Lipinski definition) is 1. The second-order valence-electron chi connectivity index (χ2n) is 4.26. The average Bonchev–Trinajstić information content (AvgIpc) is 2.49. The van der Waals surface area contributed by atoms with E-state index in [2.05, 4.69) is 34.5 Å². The molecule has 0 saturated heterocycles. The molecule has 2 aromatic carbocycles. The van der Waals surface area contributed by atoms with Gasteiger partial charge in [0.2, 0.25) is 5.16 Å². The molecule has 0 fully saturated rings. The van der Waals surface area contributed by atoms with E-state index in [1.165, 1.54) is 28.1 Å². The lowest BCUT2D eigenvalue weighted by atomic mass is 10.1. The summed E-state index contributed by atoms with van der Waals surface area (Å²) in [5, 5.41) is 10.3. The summed E-state index contributed by atoms with van der Waals surface area (Å²) in [4.78, 5) is 11.4. The number of nitrogen functional groups attached to an aromatic ring is 1. The van der Waals surface area contributed by atoms with Crippen molar-refractivity contribution in [1.29, 1.82) is 0 Å². The highest BCUT2D eigenvalue weighted by atomic mass is 32.2. The summed E-state index contributed by atoms with van der Waals surface area (Å²) in [5.74, 6) is 6.32. The van der Waals surface area contributed by atoms with Crippen LogP contribution in [0.2, 0.25) is 0 Å². The second-order valence-corrected chi connectivity index (χ2v) is 5.20. The zero-order chi connectivity index (χ0) is 13.9. The van der Waals surface area contributed by atoms with Crippen molar-refractivity contribution in [3.05, 3.63) is 64.6 Å². The molecule has 2 N–H and O–H groups in total. The summed E-state index contributed by atoms with van der Waals surface area (Å²) in [7, 11) is 0. The molecule has 5 nitrogen and oxygen atoms in total. The van der Waals surface area contributed by atoms with Crippen LogP contribution in [-0.2, 0) is 5.75 Å². The third-order valence-corrected chi connectivity index (χ3v) is 3.98. The van der Waals surface area contributed by atoms with E-state index in [-0.39, 0.29) is 5.56 Å². The molecule has 0 unspecified atom stereocenters. The lowest BCUT2D eigenvalue weighted by Crippen LogP contribution is -2.29. The molecule has 0 amide bonds. The Kier molecular flexibility index (Phi) is 3.39. The standard InChI is InChI=1S/C14H12N4OS/c15-18-13(19)8-16-17-14(18)20-9-11-6-3-5-10-4-1-2-7-12(10)11/h1-8H,9,15H2. The van der Waals surface area contributed by atoms with Crippen LogP contribution >= 0.6 is 11.8 Å².